The Kier molecular flexibility index (Phi) is 4.91. The molecule has 0 saturated heterocycles. The largest absolute Gasteiger partial charge is 0.416 e. The summed E-state index contributed by atoms with van der Waals surface area (Å²) in [5.41, 5.74) is 8.98. The smallest absolute Gasteiger partial charge is 0.382 e. The third-order valence-electron chi connectivity index (χ3n) is 4.74. The summed E-state index contributed by atoms with van der Waals surface area (Å²) in [7, 11) is 0. The van der Waals surface area contributed by atoms with E-state index in [1.165, 1.54) is 12.1 Å². The van der Waals surface area contributed by atoms with Gasteiger partial charge in [0.15, 0.2) is 5.82 Å². The number of aromatic amines is 1. The van der Waals surface area contributed by atoms with Crippen LogP contribution in [-0.2, 0) is 17.4 Å². The van der Waals surface area contributed by atoms with Gasteiger partial charge in [-0.15, -0.1) is 0 Å². The van der Waals surface area contributed by atoms with Gasteiger partial charge in [-0.25, -0.2) is 0 Å². The van der Waals surface area contributed by atoms with Crippen molar-refractivity contribution in [1.82, 2.24) is 10.2 Å². The lowest BCUT2D eigenvalue weighted by Gasteiger charge is -2.09. The fourth-order valence-electron chi connectivity index (χ4n) is 3.27. The van der Waals surface area contributed by atoms with Crippen molar-refractivity contribution < 1.29 is 18.0 Å². The minimum atomic E-state index is -4.41. The molecule has 0 unspecified atom stereocenters. The summed E-state index contributed by atoms with van der Waals surface area (Å²) in [5.74, 6) is 0.101. The molecule has 5 nitrogen and oxygen atoms in total. The maximum Gasteiger partial charge on any atom is 0.416 e. The molecule has 30 heavy (non-hydrogen) atoms. The first-order chi connectivity index (χ1) is 14.3. The van der Waals surface area contributed by atoms with Crippen molar-refractivity contribution in [2.45, 2.75) is 12.6 Å². The zero-order valence-electron chi connectivity index (χ0n) is 15.6. The molecular weight excluding hydrogens is 393 g/mol. The Bertz CT molecular complexity index is 1200. The fraction of sp³-hybridized carbons (Fsp3) is 0.0909. The van der Waals surface area contributed by atoms with E-state index < -0.39 is 11.7 Å². The van der Waals surface area contributed by atoms with E-state index in [-0.39, 0.29) is 12.3 Å². The number of anilines is 2. The molecule has 0 bridgehead atoms. The summed E-state index contributed by atoms with van der Waals surface area (Å²) in [6.07, 6.45) is -4.31. The number of benzene rings is 3. The molecule has 1 heterocycles. The van der Waals surface area contributed by atoms with E-state index >= 15 is 0 Å². The number of H-pyrrole nitrogens is 1. The minimum Gasteiger partial charge on any atom is -0.382 e. The van der Waals surface area contributed by atoms with Crippen LogP contribution < -0.4 is 11.1 Å². The molecule has 4 N–H and O–H groups in total. The first kappa shape index (κ1) is 19.5. The molecule has 8 heteroatoms. The number of alkyl halides is 3. The molecule has 0 radical (unpaired) electrons. The lowest BCUT2D eigenvalue weighted by Crippen LogP contribution is -2.14. The number of fused-ring (bicyclic) bond motifs is 1. The molecule has 1 amide bonds. The average molecular weight is 410 g/mol. The number of carbonyl (C=O) groups excluding carboxylic acids is 1. The van der Waals surface area contributed by atoms with Crippen LogP contribution in [0.5, 0.6) is 0 Å². The quantitative estimate of drug-likeness (QED) is 0.442. The Morgan fingerprint density at radius 2 is 1.70 bits per heavy atom. The van der Waals surface area contributed by atoms with Crippen LogP contribution in [0.1, 0.15) is 11.1 Å². The molecule has 4 aromatic rings. The van der Waals surface area contributed by atoms with Gasteiger partial charge in [0.05, 0.1) is 22.9 Å². The second-order valence-electron chi connectivity index (χ2n) is 6.83. The van der Waals surface area contributed by atoms with Crippen molar-refractivity contribution in [2.75, 3.05) is 11.1 Å². The molecular formula is C22H17F3N4O. The van der Waals surface area contributed by atoms with E-state index in [2.05, 4.69) is 15.5 Å². The van der Waals surface area contributed by atoms with E-state index in [9.17, 15) is 18.0 Å². The Morgan fingerprint density at radius 3 is 2.37 bits per heavy atom. The Morgan fingerprint density at radius 1 is 1.00 bits per heavy atom. The maximum atomic E-state index is 12.6. The SMILES string of the molecule is Nc1n[nH]c2cccc(-c3ccc(CC(=O)Nc4ccc(C(F)(F)F)cc4)cc3)c12. The first-order valence-corrected chi connectivity index (χ1v) is 9.10. The summed E-state index contributed by atoms with van der Waals surface area (Å²) in [4.78, 5) is 12.2. The van der Waals surface area contributed by atoms with Crippen molar-refractivity contribution in [1.29, 1.82) is 0 Å². The van der Waals surface area contributed by atoms with Crippen molar-refractivity contribution >= 4 is 28.3 Å². The number of rotatable bonds is 4. The van der Waals surface area contributed by atoms with Gasteiger partial charge in [-0.1, -0.05) is 36.4 Å². The van der Waals surface area contributed by atoms with E-state index in [0.29, 0.717) is 11.5 Å². The topological polar surface area (TPSA) is 83.8 Å². The highest BCUT2D eigenvalue weighted by Crippen LogP contribution is 2.32. The highest BCUT2D eigenvalue weighted by molar-refractivity contribution is 6.01. The Balaban J connectivity index is 1.46. The second kappa shape index (κ2) is 7.55. The molecule has 152 valence electrons. The summed E-state index contributed by atoms with van der Waals surface area (Å²) in [6, 6.07) is 17.5. The molecule has 0 saturated carbocycles. The number of nitrogens with two attached hydrogens (primary N) is 1. The Hall–Kier alpha value is -3.81. The number of hydrogen-bond donors (Lipinski definition) is 3. The lowest BCUT2D eigenvalue weighted by atomic mass is 9.99. The van der Waals surface area contributed by atoms with Gasteiger partial charge in [0.25, 0.3) is 0 Å². The average Bonchev–Trinajstić information content (AvgIpc) is 3.09. The molecule has 0 fully saturated rings. The fourth-order valence-corrected chi connectivity index (χ4v) is 3.27. The predicted molar refractivity (Wildman–Crippen MR) is 110 cm³/mol. The van der Waals surface area contributed by atoms with Crippen molar-refractivity contribution in [3.63, 3.8) is 0 Å². The van der Waals surface area contributed by atoms with Crippen molar-refractivity contribution in [3.8, 4) is 11.1 Å². The molecule has 0 aliphatic heterocycles. The number of aromatic nitrogens is 2. The summed E-state index contributed by atoms with van der Waals surface area (Å²) >= 11 is 0. The third-order valence-corrected chi connectivity index (χ3v) is 4.74. The van der Waals surface area contributed by atoms with Crippen LogP contribution in [0.3, 0.4) is 0 Å². The van der Waals surface area contributed by atoms with Crippen molar-refractivity contribution in [3.05, 3.63) is 77.9 Å². The van der Waals surface area contributed by atoms with Crippen LogP contribution >= 0.6 is 0 Å². The first-order valence-electron chi connectivity index (χ1n) is 9.10. The minimum absolute atomic E-state index is 0.0966. The van der Waals surface area contributed by atoms with Crippen molar-refractivity contribution in [2.24, 2.45) is 0 Å². The number of nitrogens with one attached hydrogen (secondary N) is 2. The Labute approximate surface area is 169 Å². The number of amides is 1. The van der Waals surface area contributed by atoms with Crippen LogP contribution in [0.4, 0.5) is 24.7 Å². The molecule has 0 aliphatic carbocycles. The van der Waals surface area contributed by atoms with E-state index in [4.69, 9.17) is 5.73 Å². The van der Waals surface area contributed by atoms with E-state index in [1.807, 2.05) is 42.5 Å². The summed E-state index contributed by atoms with van der Waals surface area (Å²) in [6.45, 7) is 0. The zero-order chi connectivity index (χ0) is 21.3. The van der Waals surface area contributed by atoms with Crippen LogP contribution in [0, 0.1) is 0 Å². The van der Waals surface area contributed by atoms with Gasteiger partial charge >= 0.3 is 6.18 Å². The predicted octanol–water partition coefficient (Wildman–Crippen LogP) is 5.01. The number of nitrogen functional groups attached to an aromatic ring is 1. The number of carbonyl (C=O) groups is 1. The van der Waals surface area contributed by atoms with Gasteiger partial charge in [0, 0.05) is 5.69 Å². The number of halogens is 3. The molecule has 0 aliphatic rings. The molecule has 3 aromatic carbocycles. The number of hydrogen-bond acceptors (Lipinski definition) is 3. The molecule has 0 spiro atoms. The second-order valence-corrected chi connectivity index (χ2v) is 6.83. The van der Waals surface area contributed by atoms with Gasteiger partial charge in [0.1, 0.15) is 0 Å². The highest BCUT2D eigenvalue weighted by atomic mass is 19.4. The van der Waals surface area contributed by atoms with Gasteiger partial charge in [-0.05, 0) is 47.0 Å². The summed E-state index contributed by atoms with van der Waals surface area (Å²) < 4.78 is 37.8. The zero-order valence-corrected chi connectivity index (χ0v) is 15.6. The van der Waals surface area contributed by atoms with Gasteiger partial charge in [-0.2, -0.15) is 18.3 Å². The van der Waals surface area contributed by atoms with E-state index in [1.54, 1.807) is 0 Å². The van der Waals surface area contributed by atoms with E-state index in [0.717, 1.165) is 39.7 Å². The number of nitrogens with zero attached hydrogens (tertiary/aromatic N) is 1. The van der Waals surface area contributed by atoms with Crippen LogP contribution in [0.25, 0.3) is 22.0 Å². The van der Waals surface area contributed by atoms with Gasteiger partial charge < -0.3 is 11.1 Å². The lowest BCUT2D eigenvalue weighted by molar-refractivity contribution is -0.137. The van der Waals surface area contributed by atoms with Crippen LogP contribution in [-0.4, -0.2) is 16.1 Å². The standard InChI is InChI=1S/C22H17F3N4O/c23-22(24,25)15-8-10-16(11-9-15)27-19(30)12-13-4-6-14(7-5-13)17-2-1-3-18-20(17)21(26)29-28-18/h1-11H,12H2,(H,27,30)(H3,26,28,29). The summed E-state index contributed by atoms with van der Waals surface area (Å²) in [5, 5.41) is 10.4. The van der Waals surface area contributed by atoms with Gasteiger partial charge in [-0.3, -0.25) is 9.89 Å². The third kappa shape index (κ3) is 3.98. The molecule has 1 aromatic heterocycles. The maximum absolute atomic E-state index is 12.6. The van der Waals surface area contributed by atoms with Crippen LogP contribution in [0.15, 0.2) is 66.7 Å². The van der Waals surface area contributed by atoms with Gasteiger partial charge in [0.2, 0.25) is 5.91 Å². The highest BCUT2D eigenvalue weighted by Gasteiger charge is 2.29. The van der Waals surface area contributed by atoms with Crippen LogP contribution in [0.2, 0.25) is 0 Å². The normalized spacial score (nSPS) is 11.6. The molecule has 0 atom stereocenters. The molecule has 4 rings (SSSR count). The monoisotopic (exact) mass is 410 g/mol.